The lowest BCUT2D eigenvalue weighted by Gasteiger charge is -2.31. The van der Waals surface area contributed by atoms with E-state index in [0.717, 1.165) is 16.9 Å². The number of rotatable bonds is 3. The van der Waals surface area contributed by atoms with Crippen molar-refractivity contribution in [1.29, 1.82) is 0 Å². The molecule has 0 saturated heterocycles. The Labute approximate surface area is 133 Å². The molecule has 1 saturated carbocycles. The molecule has 1 amide bonds. The van der Waals surface area contributed by atoms with Gasteiger partial charge in [0.1, 0.15) is 5.65 Å². The molecule has 4 rings (SSSR count). The number of amides is 1. The number of hydrogen-bond donors (Lipinski definition) is 2. The summed E-state index contributed by atoms with van der Waals surface area (Å²) < 4.78 is 1.87. The average molecular weight is 307 g/mol. The van der Waals surface area contributed by atoms with E-state index in [2.05, 4.69) is 10.3 Å². The molecule has 1 fully saturated rings. The quantitative estimate of drug-likeness (QED) is 0.780. The highest BCUT2D eigenvalue weighted by Crippen LogP contribution is 2.21. The Hall–Kier alpha value is -2.66. The predicted octanol–water partition coefficient (Wildman–Crippen LogP) is 2.25. The molecule has 23 heavy (non-hydrogen) atoms. The zero-order chi connectivity index (χ0) is 15.8. The van der Waals surface area contributed by atoms with Crippen molar-refractivity contribution in [3.63, 3.8) is 0 Å². The summed E-state index contributed by atoms with van der Waals surface area (Å²) in [6.45, 7) is 0. The number of carbonyl (C=O) groups is 1. The van der Waals surface area contributed by atoms with E-state index in [1.54, 1.807) is 12.3 Å². The van der Waals surface area contributed by atoms with Crippen molar-refractivity contribution < 1.29 is 9.90 Å². The third-order valence-electron chi connectivity index (χ3n) is 4.23. The van der Waals surface area contributed by atoms with Crippen LogP contribution in [-0.4, -0.2) is 32.5 Å². The van der Waals surface area contributed by atoms with Crippen molar-refractivity contribution in [3.8, 4) is 11.3 Å². The highest BCUT2D eigenvalue weighted by molar-refractivity contribution is 5.94. The number of hydrogen-bond acceptors (Lipinski definition) is 3. The van der Waals surface area contributed by atoms with Crippen molar-refractivity contribution in [2.75, 3.05) is 0 Å². The second-order valence-electron chi connectivity index (χ2n) is 5.97. The van der Waals surface area contributed by atoms with E-state index >= 15 is 0 Å². The number of carbonyl (C=O) groups excluding carboxylic acids is 1. The van der Waals surface area contributed by atoms with Gasteiger partial charge in [-0.15, -0.1) is 0 Å². The zero-order valence-corrected chi connectivity index (χ0v) is 12.5. The van der Waals surface area contributed by atoms with E-state index < -0.39 is 0 Å². The largest absolute Gasteiger partial charge is 0.393 e. The van der Waals surface area contributed by atoms with Crippen LogP contribution in [0.3, 0.4) is 0 Å². The lowest BCUT2D eigenvalue weighted by molar-refractivity contribution is 0.0562. The van der Waals surface area contributed by atoms with Gasteiger partial charge in [-0.3, -0.25) is 4.79 Å². The molecule has 0 radical (unpaired) electrons. The molecule has 0 aliphatic heterocycles. The number of nitrogens with zero attached hydrogens (tertiary/aromatic N) is 2. The number of aliphatic hydroxyl groups is 1. The third-order valence-corrected chi connectivity index (χ3v) is 4.23. The lowest BCUT2D eigenvalue weighted by Crippen LogP contribution is -2.46. The molecule has 0 spiro atoms. The topological polar surface area (TPSA) is 66.6 Å². The maximum Gasteiger partial charge on any atom is 0.253 e. The van der Waals surface area contributed by atoms with Crippen LogP contribution in [0.2, 0.25) is 0 Å². The summed E-state index contributed by atoms with van der Waals surface area (Å²) >= 11 is 0. The minimum absolute atomic E-state index is 0.0795. The summed E-state index contributed by atoms with van der Waals surface area (Å²) in [5, 5.41) is 12.2. The molecule has 1 aliphatic rings. The number of fused-ring (bicyclic) bond motifs is 1. The van der Waals surface area contributed by atoms with Crippen LogP contribution >= 0.6 is 0 Å². The van der Waals surface area contributed by atoms with Crippen LogP contribution in [0.25, 0.3) is 16.9 Å². The van der Waals surface area contributed by atoms with Gasteiger partial charge in [0.2, 0.25) is 0 Å². The fourth-order valence-electron chi connectivity index (χ4n) is 2.85. The van der Waals surface area contributed by atoms with Crippen molar-refractivity contribution in [2.45, 2.75) is 25.0 Å². The standard InChI is InChI=1S/C18H17N3O2/c22-15-8-14(9-15)19-18(23)13-6-7-17-20-16(11-21(17)10-13)12-4-2-1-3-5-12/h1-7,10-11,14-15,22H,8-9H2,(H,19,23). The Morgan fingerprint density at radius 3 is 2.65 bits per heavy atom. The van der Waals surface area contributed by atoms with Gasteiger partial charge in [-0.1, -0.05) is 30.3 Å². The molecule has 0 atom stereocenters. The number of nitrogens with one attached hydrogen (secondary N) is 1. The molecule has 0 bridgehead atoms. The smallest absolute Gasteiger partial charge is 0.253 e. The molecule has 2 N–H and O–H groups in total. The molecule has 5 nitrogen and oxygen atoms in total. The number of pyridine rings is 1. The first-order valence-corrected chi connectivity index (χ1v) is 7.72. The zero-order valence-electron chi connectivity index (χ0n) is 12.5. The molecule has 1 aliphatic carbocycles. The van der Waals surface area contributed by atoms with Crippen LogP contribution in [-0.2, 0) is 0 Å². The summed E-state index contributed by atoms with van der Waals surface area (Å²) in [7, 11) is 0. The van der Waals surface area contributed by atoms with Crippen LogP contribution in [0.4, 0.5) is 0 Å². The van der Waals surface area contributed by atoms with E-state index in [1.165, 1.54) is 0 Å². The van der Waals surface area contributed by atoms with Crippen LogP contribution in [0.5, 0.6) is 0 Å². The Morgan fingerprint density at radius 2 is 1.91 bits per heavy atom. The second-order valence-corrected chi connectivity index (χ2v) is 5.97. The third kappa shape index (κ3) is 2.71. The van der Waals surface area contributed by atoms with Crippen molar-refractivity contribution >= 4 is 11.6 Å². The average Bonchev–Trinajstić information content (AvgIpc) is 2.97. The Morgan fingerprint density at radius 1 is 1.13 bits per heavy atom. The van der Waals surface area contributed by atoms with Gasteiger partial charge in [0.25, 0.3) is 5.91 Å². The summed E-state index contributed by atoms with van der Waals surface area (Å²) in [6.07, 6.45) is 4.71. The molecule has 3 aromatic rings. The Balaban J connectivity index is 1.59. The molecule has 116 valence electrons. The first-order chi connectivity index (χ1) is 11.2. The SMILES string of the molecule is O=C(NC1CC(O)C1)c1ccc2nc(-c3ccccc3)cn2c1. The Bertz CT molecular complexity index is 851. The van der Waals surface area contributed by atoms with E-state index in [0.29, 0.717) is 18.4 Å². The Kier molecular flexibility index (Phi) is 3.35. The van der Waals surface area contributed by atoms with Gasteiger partial charge >= 0.3 is 0 Å². The first-order valence-electron chi connectivity index (χ1n) is 7.72. The van der Waals surface area contributed by atoms with Crippen LogP contribution in [0.1, 0.15) is 23.2 Å². The van der Waals surface area contributed by atoms with E-state index in [1.807, 2.05) is 47.0 Å². The molecular weight excluding hydrogens is 290 g/mol. The molecular formula is C18H17N3O2. The second kappa shape index (κ2) is 5.52. The molecule has 2 aromatic heterocycles. The fourth-order valence-corrected chi connectivity index (χ4v) is 2.85. The fraction of sp³-hybridized carbons (Fsp3) is 0.222. The minimum Gasteiger partial charge on any atom is -0.393 e. The number of aromatic nitrogens is 2. The van der Waals surface area contributed by atoms with Gasteiger partial charge < -0.3 is 14.8 Å². The summed E-state index contributed by atoms with van der Waals surface area (Å²) in [5.74, 6) is -0.112. The summed E-state index contributed by atoms with van der Waals surface area (Å²) in [4.78, 5) is 16.8. The van der Waals surface area contributed by atoms with Crippen molar-refractivity contribution in [3.05, 3.63) is 60.4 Å². The van der Waals surface area contributed by atoms with E-state index in [9.17, 15) is 9.90 Å². The maximum atomic E-state index is 12.2. The summed E-state index contributed by atoms with van der Waals surface area (Å²) in [5.41, 5.74) is 3.33. The summed E-state index contributed by atoms with van der Waals surface area (Å²) in [6, 6.07) is 13.7. The minimum atomic E-state index is -0.273. The van der Waals surface area contributed by atoms with Gasteiger partial charge in [-0.2, -0.15) is 0 Å². The number of imidazole rings is 1. The highest BCUT2D eigenvalue weighted by atomic mass is 16.3. The van der Waals surface area contributed by atoms with Gasteiger partial charge in [-0.25, -0.2) is 4.98 Å². The first kappa shape index (κ1) is 14.0. The van der Waals surface area contributed by atoms with E-state index in [4.69, 9.17) is 0 Å². The van der Waals surface area contributed by atoms with Gasteiger partial charge in [0.05, 0.1) is 17.4 Å². The number of benzene rings is 1. The van der Waals surface area contributed by atoms with Gasteiger partial charge in [0.15, 0.2) is 0 Å². The normalized spacial score (nSPS) is 20.2. The lowest BCUT2D eigenvalue weighted by atomic mass is 9.89. The maximum absolute atomic E-state index is 12.2. The molecule has 2 heterocycles. The van der Waals surface area contributed by atoms with E-state index in [-0.39, 0.29) is 18.1 Å². The van der Waals surface area contributed by atoms with Crippen LogP contribution < -0.4 is 5.32 Å². The number of aliphatic hydroxyl groups excluding tert-OH is 1. The van der Waals surface area contributed by atoms with Crippen molar-refractivity contribution in [1.82, 2.24) is 14.7 Å². The monoisotopic (exact) mass is 307 g/mol. The van der Waals surface area contributed by atoms with Crippen LogP contribution in [0, 0.1) is 0 Å². The highest BCUT2D eigenvalue weighted by Gasteiger charge is 2.28. The molecule has 1 aromatic carbocycles. The van der Waals surface area contributed by atoms with Crippen molar-refractivity contribution in [2.24, 2.45) is 0 Å². The predicted molar refractivity (Wildman–Crippen MR) is 87.1 cm³/mol. The molecule has 5 heteroatoms. The van der Waals surface area contributed by atoms with Crippen LogP contribution in [0.15, 0.2) is 54.9 Å². The van der Waals surface area contributed by atoms with Gasteiger partial charge in [-0.05, 0) is 25.0 Å². The van der Waals surface area contributed by atoms with Gasteiger partial charge in [0, 0.05) is 24.0 Å². The molecule has 0 unspecified atom stereocenters.